The molecule has 2 aromatic rings. The van der Waals surface area contributed by atoms with Crippen molar-refractivity contribution in [3.8, 4) is 0 Å². The molecule has 0 saturated heterocycles. The molecule has 2 heteroatoms. The summed E-state index contributed by atoms with van der Waals surface area (Å²) in [4.78, 5) is 0. The van der Waals surface area contributed by atoms with E-state index < -0.39 is 0 Å². The van der Waals surface area contributed by atoms with Crippen molar-refractivity contribution in [1.29, 1.82) is 0 Å². The van der Waals surface area contributed by atoms with Crippen LogP contribution in [0, 0.1) is 20.8 Å². The zero-order valence-corrected chi connectivity index (χ0v) is 14.6. The summed E-state index contributed by atoms with van der Waals surface area (Å²) < 4.78 is 0. The van der Waals surface area contributed by atoms with Crippen LogP contribution >= 0.6 is 27.5 Å². The SMILES string of the molecule is Cc1cc(C)c(CC(CBr)c2ccc(Cl)cc2)c(C)c1. The lowest BCUT2D eigenvalue weighted by Gasteiger charge is -2.18. The number of alkyl halides is 1. The zero-order valence-electron chi connectivity index (χ0n) is 12.2. The number of halogens is 2. The normalized spacial score (nSPS) is 12.4. The lowest BCUT2D eigenvalue weighted by atomic mass is 9.88. The van der Waals surface area contributed by atoms with E-state index in [0.717, 1.165) is 16.8 Å². The van der Waals surface area contributed by atoms with E-state index in [0.29, 0.717) is 5.92 Å². The highest BCUT2D eigenvalue weighted by Crippen LogP contribution is 2.28. The highest BCUT2D eigenvalue weighted by molar-refractivity contribution is 9.09. The molecule has 1 atom stereocenters. The molecule has 0 N–H and O–H groups in total. The molecular formula is C18H20BrCl. The molecule has 1 unspecified atom stereocenters. The molecule has 0 radical (unpaired) electrons. The van der Waals surface area contributed by atoms with Crippen LogP contribution in [-0.2, 0) is 6.42 Å². The molecule has 0 bridgehead atoms. The summed E-state index contributed by atoms with van der Waals surface area (Å²) in [6.07, 6.45) is 1.06. The van der Waals surface area contributed by atoms with E-state index in [2.05, 4.69) is 61.0 Å². The van der Waals surface area contributed by atoms with Gasteiger partial charge < -0.3 is 0 Å². The van der Waals surface area contributed by atoms with Crippen LogP contribution in [-0.4, -0.2) is 5.33 Å². The van der Waals surface area contributed by atoms with Crippen LogP contribution in [0.4, 0.5) is 0 Å². The molecule has 0 aliphatic rings. The summed E-state index contributed by atoms with van der Waals surface area (Å²) in [6.45, 7) is 6.58. The molecule has 0 fully saturated rings. The van der Waals surface area contributed by atoms with Gasteiger partial charge in [0.05, 0.1) is 0 Å². The van der Waals surface area contributed by atoms with Crippen LogP contribution in [0.2, 0.25) is 5.02 Å². The summed E-state index contributed by atoms with van der Waals surface area (Å²) in [7, 11) is 0. The Hall–Kier alpha value is -0.790. The molecular weight excluding hydrogens is 332 g/mol. The second-order valence-electron chi connectivity index (χ2n) is 5.48. The molecule has 2 rings (SSSR count). The number of aryl methyl sites for hydroxylation is 3. The predicted molar refractivity (Wildman–Crippen MR) is 92.3 cm³/mol. The molecule has 106 valence electrons. The zero-order chi connectivity index (χ0) is 14.7. The molecule has 0 aromatic heterocycles. The third kappa shape index (κ3) is 3.65. The van der Waals surface area contributed by atoms with Gasteiger partial charge in [-0.1, -0.05) is 57.4 Å². The first-order chi connectivity index (χ1) is 9.51. The van der Waals surface area contributed by atoms with Gasteiger partial charge in [-0.3, -0.25) is 0 Å². The second kappa shape index (κ2) is 6.78. The van der Waals surface area contributed by atoms with Gasteiger partial charge in [-0.05, 0) is 67.5 Å². The predicted octanol–water partition coefficient (Wildman–Crippen LogP) is 5.99. The maximum atomic E-state index is 5.98. The standard InChI is InChI=1S/C18H20BrCl/c1-12-8-13(2)18(14(3)9-12)10-16(11-19)15-4-6-17(20)7-5-15/h4-9,16H,10-11H2,1-3H3. The largest absolute Gasteiger partial charge is 0.0921 e. The summed E-state index contributed by atoms with van der Waals surface area (Å²) in [5.41, 5.74) is 6.93. The quantitative estimate of drug-likeness (QED) is 0.594. The van der Waals surface area contributed by atoms with Crippen molar-refractivity contribution in [1.82, 2.24) is 0 Å². The van der Waals surface area contributed by atoms with Crippen molar-refractivity contribution >= 4 is 27.5 Å². The van der Waals surface area contributed by atoms with Crippen molar-refractivity contribution in [2.75, 3.05) is 5.33 Å². The van der Waals surface area contributed by atoms with Crippen LogP contribution in [0.15, 0.2) is 36.4 Å². The molecule has 0 nitrogen and oxygen atoms in total. The maximum Gasteiger partial charge on any atom is 0.0406 e. The van der Waals surface area contributed by atoms with Crippen molar-refractivity contribution in [3.63, 3.8) is 0 Å². The summed E-state index contributed by atoms with van der Waals surface area (Å²) >= 11 is 9.64. The smallest absolute Gasteiger partial charge is 0.0406 e. The average molecular weight is 352 g/mol. The molecule has 0 heterocycles. The van der Waals surface area contributed by atoms with Crippen LogP contribution in [0.25, 0.3) is 0 Å². The number of hydrogen-bond donors (Lipinski definition) is 0. The average Bonchev–Trinajstić information content (AvgIpc) is 2.39. The van der Waals surface area contributed by atoms with E-state index in [9.17, 15) is 0 Å². The second-order valence-corrected chi connectivity index (χ2v) is 6.57. The first-order valence-electron chi connectivity index (χ1n) is 6.89. The van der Waals surface area contributed by atoms with Gasteiger partial charge in [-0.2, -0.15) is 0 Å². The van der Waals surface area contributed by atoms with Gasteiger partial charge in [0, 0.05) is 10.4 Å². The lowest BCUT2D eigenvalue weighted by Crippen LogP contribution is -2.07. The monoisotopic (exact) mass is 350 g/mol. The fraction of sp³-hybridized carbons (Fsp3) is 0.333. The topological polar surface area (TPSA) is 0 Å². The fourth-order valence-electron chi connectivity index (χ4n) is 2.77. The number of hydrogen-bond acceptors (Lipinski definition) is 0. The van der Waals surface area contributed by atoms with Crippen molar-refractivity contribution < 1.29 is 0 Å². The van der Waals surface area contributed by atoms with Crippen LogP contribution in [0.3, 0.4) is 0 Å². The van der Waals surface area contributed by atoms with Crippen LogP contribution in [0.5, 0.6) is 0 Å². The Morgan fingerprint density at radius 1 is 1.00 bits per heavy atom. The molecule has 0 amide bonds. The van der Waals surface area contributed by atoms with E-state index in [4.69, 9.17) is 11.6 Å². The summed E-state index contributed by atoms with van der Waals surface area (Å²) in [5.74, 6) is 0.479. The van der Waals surface area contributed by atoms with Crippen LogP contribution in [0.1, 0.15) is 33.7 Å². The minimum Gasteiger partial charge on any atom is -0.0921 e. The Labute approximate surface area is 135 Å². The van der Waals surface area contributed by atoms with Gasteiger partial charge in [0.1, 0.15) is 0 Å². The van der Waals surface area contributed by atoms with E-state index in [-0.39, 0.29) is 0 Å². The fourth-order valence-corrected chi connectivity index (χ4v) is 3.50. The number of rotatable bonds is 4. The Morgan fingerprint density at radius 3 is 2.05 bits per heavy atom. The van der Waals surface area contributed by atoms with E-state index >= 15 is 0 Å². The first kappa shape index (κ1) is 15.6. The Bertz CT molecular complexity index is 564. The molecule has 20 heavy (non-hydrogen) atoms. The highest BCUT2D eigenvalue weighted by atomic mass is 79.9. The third-order valence-corrected chi connectivity index (χ3v) is 4.85. The molecule has 2 aromatic carbocycles. The highest BCUT2D eigenvalue weighted by Gasteiger charge is 2.14. The minimum atomic E-state index is 0.479. The third-order valence-electron chi connectivity index (χ3n) is 3.82. The Morgan fingerprint density at radius 2 is 1.55 bits per heavy atom. The molecule has 0 spiro atoms. The minimum absolute atomic E-state index is 0.479. The molecule has 0 saturated carbocycles. The van der Waals surface area contributed by atoms with E-state index in [1.807, 2.05) is 12.1 Å². The van der Waals surface area contributed by atoms with Gasteiger partial charge >= 0.3 is 0 Å². The first-order valence-corrected chi connectivity index (χ1v) is 8.39. The van der Waals surface area contributed by atoms with Gasteiger partial charge in [0.2, 0.25) is 0 Å². The summed E-state index contributed by atoms with van der Waals surface area (Å²) in [6, 6.07) is 12.8. The maximum absolute atomic E-state index is 5.98. The van der Waals surface area contributed by atoms with Gasteiger partial charge in [-0.25, -0.2) is 0 Å². The van der Waals surface area contributed by atoms with Gasteiger partial charge in [0.15, 0.2) is 0 Å². The summed E-state index contributed by atoms with van der Waals surface area (Å²) in [5, 5.41) is 1.76. The Balaban J connectivity index is 2.29. The molecule has 0 aliphatic carbocycles. The van der Waals surface area contributed by atoms with E-state index in [1.165, 1.54) is 27.8 Å². The van der Waals surface area contributed by atoms with Gasteiger partial charge in [0.25, 0.3) is 0 Å². The van der Waals surface area contributed by atoms with Crippen molar-refractivity contribution in [3.05, 3.63) is 69.2 Å². The lowest BCUT2D eigenvalue weighted by molar-refractivity contribution is 0.766. The number of benzene rings is 2. The Kier molecular flexibility index (Phi) is 5.29. The van der Waals surface area contributed by atoms with Crippen molar-refractivity contribution in [2.24, 2.45) is 0 Å². The van der Waals surface area contributed by atoms with Crippen LogP contribution < -0.4 is 0 Å². The molecule has 0 aliphatic heterocycles. The van der Waals surface area contributed by atoms with Crippen molar-refractivity contribution in [2.45, 2.75) is 33.1 Å². The van der Waals surface area contributed by atoms with Gasteiger partial charge in [-0.15, -0.1) is 0 Å². The van der Waals surface area contributed by atoms with E-state index in [1.54, 1.807) is 0 Å².